The molecule has 2 aromatic carbocycles. The summed E-state index contributed by atoms with van der Waals surface area (Å²) >= 11 is 5.79. The van der Waals surface area contributed by atoms with Crippen LogP contribution in [0, 0.1) is 5.82 Å². The molecular formula is C22H12ClF4N7O2. The number of rotatable bonds is 5. The number of fused-ring (bicyclic) bond motifs is 1. The van der Waals surface area contributed by atoms with Crippen LogP contribution in [0.15, 0.2) is 61.1 Å². The van der Waals surface area contributed by atoms with E-state index in [2.05, 4.69) is 30.6 Å². The summed E-state index contributed by atoms with van der Waals surface area (Å²) in [6.45, 7) is 0. The van der Waals surface area contributed by atoms with Gasteiger partial charge in [-0.25, -0.2) is 19.0 Å². The molecule has 0 aliphatic rings. The first-order valence-electron chi connectivity index (χ1n) is 10.1. The summed E-state index contributed by atoms with van der Waals surface area (Å²) in [5.74, 6) is -2.26. The number of H-pyrrole nitrogens is 1. The van der Waals surface area contributed by atoms with Crippen molar-refractivity contribution in [2.75, 3.05) is 5.32 Å². The molecule has 0 saturated carbocycles. The maximum Gasteiger partial charge on any atom is 0.435 e. The number of carbonyl (C=O) groups excluding carboxylic acids is 1. The lowest BCUT2D eigenvalue weighted by Gasteiger charge is -2.12. The van der Waals surface area contributed by atoms with E-state index in [0.717, 1.165) is 6.07 Å². The monoisotopic (exact) mass is 517 g/mol. The Hall–Kier alpha value is -4.52. The molecule has 0 spiro atoms. The Morgan fingerprint density at radius 2 is 1.86 bits per heavy atom. The number of benzene rings is 2. The predicted octanol–water partition coefficient (Wildman–Crippen LogP) is 5.39. The van der Waals surface area contributed by atoms with Crippen LogP contribution >= 0.6 is 11.6 Å². The van der Waals surface area contributed by atoms with Crippen LogP contribution in [0.3, 0.4) is 0 Å². The van der Waals surface area contributed by atoms with Gasteiger partial charge in [-0.3, -0.25) is 4.79 Å². The van der Waals surface area contributed by atoms with Crippen molar-refractivity contribution in [2.45, 2.75) is 6.18 Å². The zero-order valence-electron chi connectivity index (χ0n) is 17.7. The van der Waals surface area contributed by atoms with Crippen LogP contribution in [0.5, 0.6) is 11.6 Å². The zero-order valence-corrected chi connectivity index (χ0v) is 18.5. The minimum Gasteiger partial charge on any atom is -0.435 e. The van der Waals surface area contributed by atoms with E-state index >= 15 is 0 Å². The predicted molar refractivity (Wildman–Crippen MR) is 120 cm³/mol. The van der Waals surface area contributed by atoms with Crippen LogP contribution in [0.4, 0.5) is 23.2 Å². The van der Waals surface area contributed by atoms with Gasteiger partial charge >= 0.3 is 6.18 Å². The van der Waals surface area contributed by atoms with Crippen LogP contribution in [-0.4, -0.2) is 35.9 Å². The molecule has 9 nitrogen and oxygen atoms in total. The molecule has 0 aliphatic carbocycles. The smallest absolute Gasteiger partial charge is 0.435 e. The summed E-state index contributed by atoms with van der Waals surface area (Å²) in [6.07, 6.45) is -2.13. The summed E-state index contributed by atoms with van der Waals surface area (Å²) in [7, 11) is 0. The Morgan fingerprint density at radius 1 is 1.08 bits per heavy atom. The minimum atomic E-state index is -4.97. The maximum atomic E-state index is 14.7. The Morgan fingerprint density at radius 3 is 2.58 bits per heavy atom. The van der Waals surface area contributed by atoms with Gasteiger partial charge in [0.15, 0.2) is 23.0 Å². The van der Waals surface area contributed by atoms with E-state index in [1.807, 2.05) is 0 Å². The fourth-order valence-electron chi connectivity index (χ4n) is 3.34. The standard InChI is InChI=1S/C22H12ClF4N7O2/c23-11-1-4-13(5-2-11)34-18(22(25,26)27)17(32-33-34)20(35)31-12-3-6-16(15(24)9-12)36-21-14-7-8-28-19(14)29-10-30-21/h1-10H,(H,31,35)(H,28,29,30). The van der Waals surface area contributed by atoms with Gasteiger partial charge < -0.3 is 15.0 Å². The van der Waals surface area contributed by atoms with Crippen molar-refractivity contribution >= 4 is 34.2 Å². The fourth-order valence-corrected chi connectivity index (χ4v) is 3.46. The number of nitrogens with zero attached hydrogens (tertiary/aromatic N) is 5. The molecule has 0 bridgehead atoms. The molecule has 5 rings (SSSR count). The van der Waals surface area contributed by atoms with Crippen molar-refractivity contribution < 1.29 is 27.1 Å². The quantitative estimate of drug-likeness (QED) is 0.302. The highest BCUT2D eigenvalue weighted by Gasteiger charge is 2.42. The van der Waals surface area contributed by atoms with Crippen LogP contribution in [0.25, 0.3) is 16.7 Å². The van der Waals surface area contributed by atoms with Crippen molar-refractivity contribution in [1.29, 1.82) is 0 Å². The molecule has 3 aromatic heterocycles. The first kappa shape index (κ1) is 23.2. The number of nitrogens with one attached hydrogen (secondary N) is 2. The molecule has 36 heavy (non-hydrogen) atoms. The lowest BCUT2D eigenvalue weighted by atomic mass is 10.2. The lowest BCUT2D eigenvalue weighted by Crippen LogP contribution is -2.21. The number of anilines is 1. The molecule has 14 heteroatoms. The van der Waals surface area contributed by atoms with Gasteiger partial charge in [-0.1, -0.05) is 16.8 Å². The third kappa shape index (κ3) is 4.43. The van der Waals surface area contributed by atoms with E-state index in [4.69, 9.17) is 16.3 Å². The largest absolute Gasteiger partial charge is 0.435 e. The Bertz CT molecular complexity index is 1580. The highest BCUT2D eigenvalue weighted by molar-refractivity contribution is 6.30. The topological polar surface area (TPSA) is 111 Å². The van der Waals surface area contributed by atoms with Crippen molar-refractivity contribution in [2.24, 2.45) is 0 Å². The number of carbonyl (C=O) groups is 1. The van der Waals surface area contributed by atoms with Crippen molar-refractivity contribution in [3.8, 4) is 17.3 Å². The summed E-state index contributed by atoms with van der Waals surface area (Å²) in [6, 6.07) is 10.3. The molecular weight excluding hydrogens is 506 g/mol. The van der Waals surface area contributed by atoms with E-state index in [1.54, 1.807) is 12.3 Å². The molecule has 0 unspecified atom stereocenters. The summed E-state index contributed by atoms with van der Waals surface area (Å²) in [4.78, 5) is 23.5. The van der Waals surface area contributed by atoms with Crippen LogP contribution in [0.2, 0.25) is 5.02 Å². The first-order chi connectivity index (χ1) is 17.2. The molecule has 0 aliphatic heterocycles. The Kier molecular flexibility index (Phi) is 5.76. The van der Waals surface area contributed by atoms with Gasteiger partial charge in [0, 0.05) is 23.0 Å². The number of alkyl halides is 3. The van der Waals surface area contributed by atoms with Gasteiger partial charge in [0.25, 0.3) is 5.91 Å². The normalized spacial score (nSPS) is 11.6. The zero-order chi connectivity index (χ0) is 25.4. The molecule has 0 fully saturated rings. The highest BCUT2D eigenvalue weighted by atomic mass is 35.5. The van der Waals surface area contributed by atoms with Crippen molar-refractivity contribution in [3.05, 3.63) is 83.3 Å². The van der Waals surface area contributed by atoms with E-state index in [-0.39, 0.29) is 23.0 Å². The second-order valence-corrected chi connectivity index (χ2v) is 7.73. The van der Waals surface area contributed by atoms with Gasteiger partial charge in [-0.05, 0) is 42.5 Å². The van der Waals surface area contributed by atoms with Gasteiger partial charge in [0.2, 0.25) is 5.88 Å². The van der Waals surface area contributed by atoms with Gasteiger partial charge in [-0.2, -0.15) is 13.2 Å². The number of aromatic amines is 1. The van der Waals surface area contributed by atoms with E-state index in [1.165, 1.54) is 42.7 Å². The fraction of sp³-hybridized carbons (Fsp3) is 0.0455. The molecule has 182 valence electrons. The third-order valence-electron chi connectivity index (χ3n) is 4.94. The van der Waals surface area contributed by atoms with Crippen LogP contribution in [0.1, 0.15) is 16.2 Å². The summed E-state index contributed by atoms with van der Waals surface area (Å²) in [5.41, 5.74) is -2.05. The van der Waals surface area contributed by atoms with Crippen LogP contribution < -0.4 is 10.1 Å². The number of aromatic nitrogens is 6. The number of hydrogen-bond acceptors (Lipinski definition) is 6. The molecule has 0 atom stereocenters. The maximum absolute atomic E-state index is 14.7. The molecule has 0 saturated heterocycles. The highest BCUT2D eigenvalue weighted by Crippen LogP contribution is 2.34. The minimum absolute atomic E-state index is 0.00734. The summed E-state index contributed by atoms with van der Waals surface area (Å²) in [5, 5.41) is 9.90. The van der Waals surface area contributed by atoms with E-state index in [0.29, 0.717) is 20.7 Å². The van der Waals surface area contributed by atoms with Gasteiger partial charge in [0.05, 0.1) is 11.1 Å². The number of amides is 1. The van der Waals surface area contributed by atoms with Gasteiger partial charge in [-0.15, -0.1) is 5.10 Å². The second kappa shape index (κ2) is 8.92. The lowest BCUT2D eigenvalue weighted by molar-refractivity contribution is -0.143. The third-order valence-corrected chi connectivity index (χ3v) is 5.19. The average molecular weight is 518 g/mol. The average Bonchev–Trinajstić information content (AvgIpc) is 3.49. The number of halogens is 5. The molecule has 2 N–H and O–H groups in total. The summed E-state index contributed by atoms with van der Waals surface area (Å²) < 4.78 is 62.1. The van der Waals surface area contributed by atoms with Crippen molar-refractivity contribution in [3.63, 3.8) is 0 Å². The Labute approximate surface area is 203 Å². The number of ether oxygens (including phenoxy) is 1. The van der Waals surface area contributed by atoms with Crippen LogP contribution in [-0.2, 0) is 6.18 Å². The van der Waals surface area contributed by atoms with E-state index < -0.39 is 29.3 Å². The molecule has 5 aromatic rings. The van der Waals surface area contributed by atoms with Gasteiger partial charge in [0.1, 0.15) is 12.0 Å². The second-order valence-electron chi connectivity index (χ2n) is 7.29. The van der Waals surface area contributed by atoms with E-state index in [9.17, 15) is 22.4 Å². The van der Waals surface area contributed by atoms with Crippen molar-refractivity contribution in [1.82, 2.24) is 29.9 Å². The first-order valence-corrected chi connectivity index (χ1v) is 10.4. The number of hydrogen-bond donors (Lipinski definition) is 2. The Balaban J connectivity index is 1.40. The molecule has 3 heterocycles. The molecule has 0 radical (unpaired) electrons. The SMILES string of the molecule is O=C(Nc1ccc(Oc2ncnc3[nH]ccc23)c(F)c1)c1nnn(-c2ccc(Cl)cc2)c1C(F)(F)F. The molecule has 1 amide bonds.